The Balaban J connectivity index is 1.66. The Hall–Kier alpha value is -4.06. The highest BCUT2D eigenvalue weighted by atomic mass is 16.5. The number of amides is 1. The molecule has 0 radical (unpaired) electrons. The van der Waals surface area contributed by atoms with Gasteiger partial charge in [0.05, 0.1) is 31.2 Å². The minimum absolute atomic E-state index is 0.100. The molecule has 1 aromatic heterocycles. The second kappa shape index (κ2) is 7.89. The third-order valence-corrected chi connectivity index (χ3v) is 5.82. The molecule has 32 heavy (non-hydrogen) atoms. The average molecular weight is 427 g/mol. The smallest absolute Gasteiger partial charge is 0.291 e. The average Bonchev–Trinajstić information content (AvgIpc) is 3.11. The Morgan fingerprint density at radius 3 is 2.12 bits per heavy atom. The van der Waals surface area contributed by atoms with Gasteiger partial charge in [-0.15, -0.1) is 0 Å². The topological polar surface area (TPSA) is 69.0 Å². The Morgan fingerprint density at radius 2 is 1.47 bits per heavy atom. The summed E-state index contributed by atoms with van der Waals surface area (Å²) >= 11 is 0. The van der Waals surface area contributed by atoms with Gasteiger partial charge in [0.15, 0.2) is 5.43 Å². The van der Waals surface area contributed by atoms with E-state index in [1.165, 1.54) is 0 Å². The van der Waals surface area contributed by atoms with Gasteiger partial charge in [-0.1, -0.05) is 36.4 Å². The number of methoxy groups -OCH3 is 2. The van der Waals surface area contributed by atoms with Crippen LogP contribution in [-0.4, -0.2) is 25.0 Å². The first kappa shape index (κ1) is 19.9. The van der Waals surface area contributed by atoms with E-state index in [9.17, 15) is 9.59 Å². The monoisotopic (exact) mass is 427 g/mol. The van der Waals surface area contributed by atoms with E-state index in [0.717, 1.165) is 16.9 Å². The Morgan fingerprint density at radius 1 is 0.844 bits per heavy atom. The lowest BCUT2D eigenvalue weighted by molar-refractivity contribution is 0.0714. The van der Waals surface area contributed by atoms with Crippen molar-refractivity contribution in [3.63, 3.8) is 0 Å². The predicted molar refractivity (Wildman–Crippen MR) is 120 cm³/mol. The highest BCUT2D eigenvalue weighted by Gasteiger charge is 2.42. The number of benzene rings is 3. The minimum atomic E-state index is -0.564. The Kier molecular flexibility index (Phi) is 4.90. The van der Waals surface area contributed by atoms with Gasteiger partial charge in [-0.05, 0) is 47.5 Å². The lowest BCUT2D eigenvalue weighted by atomic mass is 9.98. The first-order valence-corrected chi connectivity index (χ1v) is 10.2. The summed E-state index contributed by atoms with van der Waals surface area (Å²) in [6.45, 7) is 0.319. The number of carbonyl (C=O) groups is 1. The molecule has 6 nitrogen and oxygen atoms in total. The summed E-state index contributed by atoms with van der Waals surface area (Å²) in [5, 5.41) is 0.462. The lowest BCUT2D eigenvalue weighted by Gasteiger charge is -2.25. The number of hydrogen-bond acceptors (Lipinski definition) is 5. The molecular weight excluding hydrogens is 406 g/mol. The van der Waals surface area contributed by atoms with Crippen LogP contribution in [0.1, 0.15) is 33.3 Å². The van der Waals surface area contributed by atoms with Gasteiger partial charge >= 0.3 is 0 Å². The minimum Gasteiger partial charge on any atom is -0.497 e. The van der Waals surface area contributed by atoms with Crippen molar-refractivity contribution in [2.75, 3.05) is 14.2 Å². The molecule has 0 saturated carbocycles. The van der Waals surface area contributed by atoms with Crippen LogP contribution in [-0.2, 0) is 6.54 Å². The van der Waals surface area contributed by atoms with Gasteiger partial charge in [-0.2, -0.15) is 0 Å². The van der Waals surface area contributed by atoms with Crippen LogP contribution in [0.3, 0.4) is 0 Å². The van der Waals surface area contributed by atoms with Crippen LogP contribution in [0.5, 0.6) is 11.5 Å². The Labute approximate surface area is 184 Å². The molecule has 1 amide bonds. The summed E-state index contributed by atoms with van der Waals surface area (Å²) < 4.78 is 16.5. The highest BCUT2D eigenvalue weighted by Crippen LogP contribution is 2.39. The number of rotatable bonds is 5. The summed E-state index contributed by atoms with van der Waals surface area (Å²) in [6, 6.07) is 21.4. The summed E-state index contributed by atoms with van der Waals surface area (Å²) in [5.74, 6) is 1.23. The first-order valence-electron chi connectivity index (χ1n) is 10.2. The summed E-state index contributed by atoms with van der Waals surface area (Å²) in [5.41, 5.74) is 2.32. The summed E-state index contributed by atoms with van der Waals surface area (Å²) in [4.78, 5) is 28.6. The van der Waals surface area contributed by atoms with Crippen molar-refractivity contribution in [1.29, 1.82) is 0 Å². The number of fused-ring (bicyclic) bond motifs is 2. The standard InChI is InChI=1S/C26H21NO5/c1-30-18-11-7-16(8-12-18)15-27-23(17-9-13-19(31-2)14-10-17)22-24(28)20-5-3-4-6-21(20)32-25(22)26(27)29/h3-14,23H,15H2,1-2H3/t23-/m0/s1. The Bertz CT molecular complexity index is 1360. The fraction of sp³-hybridized carbons (Fsp3) is 0.154. The van der Waals surface area contributed by atoms with Crippen molar-refractivity contribution in [3.05, 3.63) is 105 Å². The zero-order valence-electron chi connectivity index (χ0n) is 17.7. The highest BCUT2D eigenvalue weighted by molar-refractivity contribution is 5.99. The van der Waals surface area contributed by atoms with E-state index in [1.54, 1.807) is 43.4 Å². The number of hydrogen-bond donors (Lipinski definition) is 0. The first-order chi connectivity index (χ1) is 15.6. The van der Waals surface area contributed by atoms with Crippen molar-refractivity contribution in [2.24, 2.45) is 0 Å². The maximum atomic E-state index is 13.5. The van der Waals surface area contributed by atoms with Gasteiger partial charge in [-0.25, -0.2) is 0 Å². The molecule has 5 rings (SSSR count). The third-order valence-electron chi connectivity index (χ3n) is 5.82. The molecule has 1 atom stereocenters. The third kappa shape index (κ3) is 3.21. The van der Waals surface area contributed by atoms with Crippen molar-refractivity contribution in [2.45, 2.75) is 12.6 Å². The molecule has 6 heteroatoms. The number of carbonyl (C=O) groups excluding carboxylic acids is 1. The fourth-order valence-corrected chi connectivity index (χ4v) is 4.19. The predicted octanol–water partition coefficient (Wildman–Crippen LogP) is 4.56. The largest absolute Gasteiger partial charge is 0.497 e. The SMILES string of the molecule is COc1ccc(CN2C(=O)c3oc4ccccc4c(=O)c3[C@@H]2c2ccc(OC)cc2)cc1. The maximum absolute atomic E-state index is 13.5. The summed E-state index contributed by atoms with van der Waals surface area (Å²) in [7, 11) is 3.21. The number of ether oxygens (including phenoxy) is 2. The van der Waals surface area contributed by atoms with Crippen LogP contribution in [0.25, 0.3) is 11.0 Å². The van der Waals surface area contributed by atoms with E-state index >= 15 is 0 Å². The van der Waals surface area contributed by atoms with Crippen LogP contribution < -0.4 is 14.9 Å². The fourth-order valence-electron chi connectivity index (χ4n) is 4.19. The maximum Gasteiger partial charge on any atom is 0.291 e. The lowest BCUT2D eigenvalue weighted by Crippen LogP contribution is -2.29. The molecule has 0 unspecified atom stereocenters. The van der Waals surface area contributed by atoms with E-state index < -0.39 is 6.04 Å². The van der Waals surface area contributed by atoms with Crippen molar-refractivity contribution >= 4 is 16.9 Å². The van der Waals surface area contributed by atoms with Crippen LogP contribution in [0.2, 0.25) is 0 Å². The number of nitrogens with zero attached hydrogens (tertiary/aromatic N) is 1. The zero-order chi connectivity index (χ0) is 22.2. The second-order valence-corrected chi connectivity index (χ2v) is 7.63. The number of para-hydroxylation sites is 1. The van der Waals surface area contributed by atoms with E-state index in [2.05, 4.69) is 0 Å². The van der Waals surface area contributed by atoms with Crippen molar-refractivity contribution < 1.29 is 18.7 Å². The van der Waals surface area contributed by atoms with Gasteiger partial charge in [0.25, 0.3) is 5.91 Å². The molecule has 0 aliphatic carbocycles. The molecule has 0 bridgehead atoms. The molecule has 160 valence electrons. The van der Waals surface area contributed by atoms with Crippen LogP contribution in [0.4, 0.5) is 0 Å². The molecule has 0 N–H and O–H groups in total. The molecule has 2 heterocycles. The molecule has 1 aliphatic heterocycles. The van der Waals surface area contributed by atoms with Crippen molar-refractivity contribution in [3.8, 4) is 11.5 Å². The molecular formula is C26H21NO5. The van der Waals surface area contributed by atoms with Gasteiger partial charge in [0.1, 0.15) is 17.1 Å². The van der Waals surface area contributed by atoms with Crippen LogP contribution >= 0.6 is 0 Å². The summed E-state index contributed by atoms with van der Waals surface area (Å²) in [6.07, 6.45) is 0. The van der Waals surface area contributed by atoms with Gasteiger partial charge < -0.3 is 18.8 Å². The van der Waals surface area contributed by atoms with Crippen LogP contribution in [0, 0.1) is 0 Å². The van der Waals surface area contributed by atoms with Crippen LogP contribution in [0.15, 0.2) is 82.0 Å². The van der Waals surface area contributed by atoms with E-state index in [1.807, 2.05) is 48.5 Å². The van der Waals surface area contributed by atoms with Gasteiger partial charge in [0, 0.05) is 6.54 Å². The van der Waals surface area contributed by atoms with E-state index in [4.69, 9.17) is 13.9 Å². The second-order valence-electron chi connectivity index (χ2n) is 7.63. The zero-order valence-corrected chi connectivity index (χ0v) is 17.7. The van der Waals surface area contributed by atoms with Crippen molar-refractivity contribution in [1.82, 2.24) is 4.90 Å². The van der Waals surface area contributed by atoms with E-state index in [0.29, 0.717) is 28.8 Å². The van der Waals surface area contributed by atoms with Gasteiger partial charge in [0.2, 0.25) is 5.76 Å². The van der Waals surface area contributed by atoms with E-state index in [-0.39, 0.29) is 17.1 Å². The normalized spacial score (nSPS) is 15.1. The van der Waals surface area contributed by atoms with Gasteiger partial charge in [-0.3, -0.25) is 9.59 Å². The molecule has 0 fully saturated rings. The molecule has 0 saturated heterocycles. The molecule has 0 spiro atoms. The molecule has 3 aromatic carbocycles. The quantitative estimate of drug-likeness (QED) is 0.467. The molecule has 1 aliphatic rings. The molecule has 4 aromatic rings.